The molecule has 0 aliphatic carbocycles. The first-order valence-electron chi connectivity index (χ1n) is 6.73. The zero-order valence-electron chi connectivity index (χ0n) is 12.3. The van der Waals surface area contributed by atoms with Crippen molar-refractivity contribution < 1.29 is 8.78 Å². The van der Waals surface area contributed by atoms with Gasteiger partial charge >= 0.3 is 0 Å². The molecule has 1 aromatic heterocycles. The number of halogens is 2. The molecule has 0 aliphatic heterocycles. The molecule has 1 aromatic rings. The van der Waals surface area contributed by atoms with Crippen LogP contribution < -0.4 is 10.2 Å². The van der Waals surface area contributed by atoms with E-state index in [4.69, 9.17) is 0 Å². The smallest absolute Gasteiger partial charge is 0.168 e. The maximum absolute atomic E-state index is 14.0. The third-order valence-corrected chi connectivity index (χ3v) is 2.71. The summed E-state index contributed by atoms with van der Waals surface area (Å²) in [7, 11) is 0. The van der Waals surface area contributed by atoms with Gasteiger partial charge in [-0.3, -0.25) is 0 Å². The second-order valence-electron chi connectivity index (χ2n) is 5.29. The summed E-state index contributed by atoms with van der Waals surface area (Å²) < 4.78 is 27.5. The van der Waals surface area contributed by atoms with Crippen LogP contribution in [0.2, 0.25) is 0 Å². The van der Waals surface area contributed by atoms with Gasteiger partial charge in [-0.05, 0) is 26.7 Å². The van der Waals surface area contributed by atoms with Gasteiger partial charge in [0.25, 0.3) is 0 Å². The van der Waals surface area contributed by atoms with Crippen molar-refractivity contribution in [3.8, 4) is 0 Å². The fourth-order valence-electron chi connectivity index (χ4n) is 1.88. The number of aromatic nitrogens is 1. The molecule has 0 amide bonds. The molecule has 0 fully saturated rings. The second kappa shape index (κ2) is 6.68. The highest BCUT2D eigenvalue weighted by atomic mass is 19.1. The van der Waals surface area contributed by atoms with Gasteiger partial charge in [0.2, 0.25) is 0 Å². The van der Waals surface area contributed by atoms with E-state index in [1.807, 2.05) is 25.7 Å². The Bertz CT molecular complexity index is 419. The Balaban J connectivity index is 3.17. The van der Waals surface area contributed by atoms with E-state index in [9.17, 15) is 8.78 Å². The zero-order chi connectivity index (χ0) is 14.6. The Morgan fingerprint density at radius 3 is 2.32 bits per heavy atom. The fourth-order valence-corrected chi connectivity index (χ4v) is 1.88. The van der Waals surface area contributed by atoms with Crippen LogP contribution in [0.15, 0.2) is 6.07 Å². The molecule has 5 heteroatoms. The Kier molecular flexibility index (Phi) is 5.51. The number of anilines is 2. The first-order valence-corrected chi connectivity index (χ1v) is 6.73. The molecule has 0 unspecified atom stereocenters. The van der Waals surface area contributed by atoms with Crippen molar-refractivity contribution in [1.82, 2.24) is 4.98 Å². The van der Waals surface area contributed by atoms with E-state index >= 15 is 0 Å². The highest BCUT2D eigenvalue weighted by molar-refractivity contribution is 5.49. The van der Waals surface area contributed by atoms with Gasteiger partial charge in [-0.15, -0.1) is 0 Å². The minimum Gasteiger partial charge on any atom is -0.368 e. The molecule has 19 heavy (non-hydrogen) atoms. The summed E-state index contributed by atoms with van der Waals surface area (Å²) in [5.74, 6) is -0.588. The van der Waals surface area contributed by atoms with E-state index in [0.29, 0.717) is 19.0 Å². The summed E-state index contributed by atoms with van der Waals surface area (Å²) in [5.41, 5.74) is 0. The molecule has 3 nitrogen and oxygen atoms in total. The van der Waals surface area contributed by atoms with Crippen molar-refractivity contribution in [2.45, 2.75) is 40.7 Å². The lowest BCUT2D eigenvalue weighted by atomic mass is 10.1. The highest BCUT2D eigenvalue weighted by Gasteiger charge is 2.20. The summed E-state index contributed by atoms with van der Waals surface area (Å²) in [6.45, 7) is 11.1. The molecule has 1 rings (SSSR count). The molecule has 0 aliphatic rings. The van der Waals surface area contributed by atoms with Crippen LogP contribution in [-0.4, -0.2) is 24.1 Å². The molecular weight excluding hydrogens is 248 g/mol. The van der Waals surface area contributed by atoms with Crippen LogP contribution in [0.1, 0.15) is 34.6 Å². The quantitative estimate of drug-likeness (QED) is 0.855. The third-order valence-electron chi connectivity index (χ3n) is 2.71. The molecule has 0 bridgehead atoms. The van der Waals surface area contributed by atoms with Gasteiger partial charge in [-0.25, -0.2) is 13.8 Å². The molecule has 0 spiro atoms. The van der Waals surface area contributed by atoms with Crippen molar-refractivity contribution in [3.63, 3.8) is 0 Å². The minimum atomic E-state index is -0.656. The van der Waals surface area contributed by atoms with E-state index < -0.39 is 11.6 Å². The van der Waals surface area contributed by atoms with Crippen molar-refractivity contribution in [2.24, 2.45) is 5.92 Å². The average Bonchev–Trinajstić information content (AvgIpc) is 2.29. The predicted molar refractivity (Wildman–Crippen MR) is 75.6 cm³/mol. The average molecular weight is 271 g/mol. The summed E-state index contributed by atoms with van der Waals surface area (Å²) >= 11 is 0. The Labute approximate surface area is 114 Å². The van der Waals surface area contributed by atoms with E-state index in [1.54, 1.807) is 0 Å². The van der Waals surface area contributed by atoms with Crippen LogP contribution in [0.3, 0.4) is 0 Å². The zero-order valence-corrected chi connectivity index (χ0v) is 12.3. The summed E-state index contributed by atoms with van der Waals surface area (Å²) in [5, 5.41) is 2.81. The van der Waals surface area contributed by atoms with Gasteiger partial charge < -0.3 is 10.2 Å². The molecular formula is C14H23F2N3. The summed E-state index contributed by atoms with van der Waals surface area (Å²) in [6, 6.07) is 1.00. The van der Waals surface area contributed by atoms with Crippen LogP contribution >= 0.6 is 0 Å². The highest BCUT2D eigenvalue weighted by Crippen LogP contribution is 2.24. The predicted octanol–water partition coefficient (Wildman–Crippen LogP) is 3.66. The van der Waals surface area contributed by atoms with E-state index in [-0.39, 0.29) is 17.7 Å². The Morgan fingerprint density at radius 1 is 1.21 bits per heavy atom. The number of pyridine rings is 1. The summed E-state index contributed by atoms with van der Waals surface area (Å²) in [4.78, 5) is 5.96. The number of rotatable bonds is 6. The number of hydrogen-bond donors (Lipinski definition) is 1. The van der Waals surface area contributed by atoms with Crippen molar-refractivity contribution in [3.05, 3.63) is 17.7 Å². The van der Waals surface area contributed by atoms with Crippen molar-refractivity contribution in [1.29, 1.82) is 0 Å². The monoisotopic (exact) mass is 271 g/mol. The molecule has 0 radical (unpaired) electrons. The molecule has 1 N–H and O–H groups in total. The molecule has 1 heterocycles. The molecule has 0 saturated heterocycles. The van der Waals surface area contributed by atoms with Gasteiger partial charge in [0.15, 0.2) is 23.3 Å². The SMILES string of the molecule is CCNc1nc(N(CC(C)C)C(C)C)c(F)cc1F. The van der Waals surface area contributed by atoms with Gasteiger partial charge in [0, 0.05) is 25.2 Å². The van der Waals surface area contributed by atoms with Crippen molar-refractivity contribution >= 4 is 11.6 Å². The standard InChI is InChI=1S/C14H23F2N3/c1-6-17-13-11(15)7-12(16)14(18-13)19(10(4)5)8-9(2)3/h7,9-10H,6,8H2,1-5H3,(H,17,18). The number of nitrogens with zero attached hydrogens (tertiary/aromatic N) is 2. The van der Waals surface area contributed by atoms with E-state index in [2.05, 4.69) is 24.1 Å². The van der Waals surface area contributed by atoms with Crippen LogP contribution in [0, 0.1) is 17.6 Å². The fraction of sp³-hybridized carbons (Fsp3) is 0.643. The lowest BCUT2D eigenvalue weighted by molar-refractivity contribution is 0.531. The molecule has 0 atom stereocenters. The van der Waals surface area contributed by atoms with E-state index in [0.717, 1.165) is 6.07 Å². The van der Waals surface area contributed by atoms with Gasteiger partial charge in [-0.2, -0.15) is 0 Å². The maximum atomic E-state index is 14.0. The van der Waals surface area contributed by atoms with Gasteiger partial charge in [0.1, 0.15) is 0 Å². The van der Waals surface area contributed by atoms with Crippen LogP contribution in [0.4, 0.5) is 20.4 Å². The number of hydrogen-bond acceptors (Lipinski definition) is 3. The van der Waals surface area contributed by atoms with E-state index in [1.165, 1.54) is 0 Å². The van der Waals surface area contributed by atoms with Crippen molar-refractivity contribution in [2.75, 3.05) is 23.3 Å². The lowest BCUT2D eigenvalue weighted by Crippen LogP contribution is -2.35. The van der Waals surface area contributed by atoms with Crippen LogP contribution in [0.5, 0.6) is 0 Å². The van der Waals surface area contributed by atoms with Crippen LogP contribution in [0.25, 0.3) is 0 Å². The Morgan fingerprint density at radius 2 is 1.84 bits per heavy atom. The lowest BCUT2D eigenvalue weighted by Gasteiger charge is -2.30. The third kappa shape index (κ3) is 4.04. The minimum absolute atomic E-state index is 0.101. The second-order valence-corrected chi connectivity index (χ2v) is 5.29. The molecule has 0 aromatic carbocycles. The number of nitrogens with one attached hydrogen (secondary N) is 1. The topological polar surface area (TPSA) is 28.2 Å². The molecule has 0 saturated carbocycles. The first kappa shape index (κ1) is 15.7. The maximum Gasteiger partial charge on any atom is 0.168 e. The normalized spacial score (nSPS) is 11.2. The van der Waals surface area contributed by atoms with Crippen LogP contribution in [-0.2, 0) is 0 Å². The Hall–Kier alpha value is -1.39. The van der Waals surface area contributed by atoms with Gasteiger partial charge in [-0.1, -0.05) is 13.8 Å². The molecule has 108 valence electrons. The summed E-state index contributed by atoms with van der Waals surface area (Å²) in [6.07, 6.45) is 0. The largest absolute Gasteiger partial charge is 0.368 e. The van der Waals surface area contributed by atoms with Gasteiger partial charge in [0.05, 0.1) is 0 Å². The first-order chi connectivity index (χ1) is 8.86.